The highest BCUT2D eigenvalue weighted by Gasteiger charge is 2.51. The average molecular weight is 220 g/mol. The van der Waals surface area contributed by atoms with Crippen molar-refractivity contribution in [2.75, 3.05) is 14.2 Å². The first kappa shape index (κ1) is 11.4. The number of hydrogen-bond acceptors (Lipinski definition) is 3. The van der Waals surface area contributed by atoms with Crippen molar-refractivity contribution < 1.29 is 4.74 Å². The molecule has 1 fully saturated rings. The van der Waals surface area contributed by atoms with E-state index in [9.17, 15) is 0 Å². The van der Waals surface area contributed by atoms with Gasteiger partial charge in [-0.15, -0.1) is 0 Å². The molecule has 2 atom stereocenters. The lowest BCUT2D eigenvalue weighted by Gasteiger charge is -2.19. The molecule has 0 aromatic carbocycles. The molecule has 88 valence electrons. The summed E-state index contributed by atoms with van der Waals surface area (Å²) in [5.74, 6) is 1.53. The van der Waals surface area contributed by atoms with E-state index in [0.29, 0.717) is 17.4 Å². The number of ether oxygens (including phenoxy) is 1. The van der Waals surface area contributed by atoms with Gasteiger partial charge in [0.1, 0.15) is 5.75 Å². The zero-order chi connectivity index (χ0) is 11.8. The van der Waals surface area contributed by atoms with Crippen LogP contribution < -0.4 is 10.1 Å². The summed E-state index contributed by atoms with van der Waals surface area (Å²) in [5.41, 5.74) is 1.46. The summed E-state index contributed by atoms with van der Waals surface area (Å²) < 4.78 is 5.37. The highest BCUT2D eigenvalue weighted by Crippen LogP contribution is 2.58. The first-order valence-electron chi connectivity index (χ1n) is 5.76. The van der Waals surface area contributed by atoms with Crippen LogP contribution in [0, 0.1) is 11.3 Å². The summed E-state index contributed by atoms with van der Waals surface area (Å²) >= 11 is 0. The molecule has 0 radical (unpaired) electrons. The molecule has 1 N–H and O–H groups in total. The third kappa shape index (κ3) is 1.92. The quantitative estimate of drug-likeness (QED) is 0.846. The Hall–Kier alpha value is -1.09. The highest BCUT2D eigenvalue weighted by molar-refractivity contribution is 5.31. The molecule has 1 aromatic rings. The molecule has 2 unspecified atom stereocenters. The molecule has 0 bridgehead atoms. The van der Waals surface area contributed by atoms with Gasteiger partial charge < -0.3 is 10.1 Å². The molecular formula is C13H20N2O. The van der Waals surface area contributed by atoms with Crippen LogP contribution in [-0.4, -0.2) is 19.1 Å². The standard InChI is InChI=1S/C13H20N2O/c1-13(2)8-9(13)11(14-3)12-10(16-4)6-5-7-15-12/h5-7,9,11,14H,8H2,1-4H3. The van der Waals surface area contributed by atoms with E-state index < -0.39 is 0 Å². The fourth-order valence-corrected chi connectivity index (χ4v) is 2.41. The molecule has 2 rings (SSSR count). The second-order valence-electron chi connectivity index (χ2n) is 5.16. The molecule has 0 aliphatic heterocycles. The SMILES string of the molecule is CNC(c1ncccc1OC)C1CC1(C)C. The van der Waals surface area contributed by atoms with E-state index >= 15 is 0 Å². The first-order chi connectivity index (χ1) is 7.60. The van der Waals surface area contributed by atoms with Crippen molar-refractivity contribution in [2.24, 2.45) is 11.3 Å². The van der Waals surface area contributed by atoms with Crippen molar-refractivity contribution in [1.29, 1.82) is 0 Å². The van der Waals surface area contributed by atoms with Crippen molar-refractivity contribution in [3.05, 3.63) is 24.0 Å². The van der Waals surface area contributed by atoms with Gasteiger partial charge in [0.25, 0.3) is 0 Å². The van der Waals surface area contributed by atoms with Crippen LogP contribution in [0.3, 0.4) is 0 Å². The van der Waals surface area contributed by atoms with Crippen LogP contribution in [0.4, 0.5) is 0 Å². The van der Waals surface area contributed by atoms with E-state index in [1.807, 2.05) is 25.4 Å². The smallest absolute Gasteiger partial charge is 0.141 e. The van der Waals surface area contributed by atoms with Gasteiger partial charge in [-0.2, -0.15) is 0 Å². The maximum atomic E-state index is 5.37. The highest BCUT2D eigenvalue weighted by atomic mass is 16.5. The third-order valence-electron chi connectivity index (χ3n) is 3.62. The topological polar surface area (TPSA) is 34.2 Å². The molecule has 1 aliphatic carbocycles. The minimum absolute atomic E-state index is 0.297. The largest absolute Gasteiger partial charge is 0.495 e. The number of methoxy groups -OCH3 is 1. The predicted molar refractivity (Wildman–Crippen MR) is 64.5 cm³/mol. The Morgan fingerprint density at radius 2 is 2.25 bits per heavy atom. The van der Waals surface area contributed by atoms with Crippen molar-refractivity contribution >= 4 is 0 Å². The molecule has 0 amide bonds. The Kier molecular flexibility index (Phi) is 2.89. The Balaban J connectivity index is 2.27. The van der Waals surface area contributed by atoms with Gasteiger partial charge in [-0.05, 0) is 36.9 Å². The fraction of sp³-hybridized carbons (Fsp3) is 0.615. The summed E-state index contributed by atoms with van der Waals surface area (Å²) in [7, 11) is 3.69. The zero-order valence-corrected chi connectivity index (χ0v) is 10.4. The van der Waals surface area contributed by atoms with E-state index in [1.54, 1.807) is 7.11 Å². The molecule has 0 spiro atoms. The normalized spacial score (nSPS) is 23.9. The minimum Gasteiger partial charge on any atom is -0.495 e. The van der Waals surface area contributed by atoms with Crippen LogP contribution in [-0.2, 0) is 0 Å². The van der Waals surface area contributed by atoms with Gasteiger partial charge in [-0.25, -0.2) is 0 Å². The van der Waals surface area contributed by atoms with Gasteiger partial charge in [0.05, 0.1) is 18.8 Å². The number of nitrogens with one attached hydrogen (secondary N) is 1. The molecule has 1 aromatic heterocycles. The summed E-state index contributed by atoms with van der Waals surface area (Å²) in [5, 5.41) is 3.37. The Labute approximate surface area is 97.2 Å². The van der Waals surface area contributed by atoms with Crippen LogP contribution >= 0.6 is 0 Å². The van der Waals surface area contributed by atoms with Gasteiger partial charge in [-0.1, -0.05) is 13.8 Å². The summed E-state index contributed by atoms with van der Waals surface area (Å²) in [6.07, 6.45) is 3.08. The maximum Gasteiger partial charge on any atom is 0.141 e. The predicted octanol–water partition coefficient (Wildman–Crippen LogP) is 2.40. The Bertz CT molecular complexity index is 376. The van der Waals surface area contributed by atoms with E-state index in [4.69, 9.17) is 4.74 Å². The molecule has 1 heterocycles. The van der Waals surface area contributed by atoms with Gasteiger partial charge >= 0.3 is 0 Å². The van der Waals surface area contributed by atoms with Gasteiger partial charge in [0, 0.05) is 6.20 Å². The van der Waals surface area contributed by atoms with Crippen LogP contribution in [0.2, 0.25) is 0 Å². The van der Waals surface area contributed by atoms with E-state index in [0.717, 1.165) is 11.4 Å². The first-order valence-corrected chi connectivity index (χ1v) is 5.76. The van der Waals surface area contributed by atoms with Crippen LogP contribution in [0.5, 0.6) is 5.75 Å². The van der Waals surface area contributed by atoms with Crippen molar-refractivity contribution in [3.63, 3.8) is 0 Å². The second kappa shape index (κ2) is 4.06. The van der Waals surface area contributed by atoms with Crippen LogP contribution in [0.1, 0.15) is 32.0 Å². The second-order valence-corrected chi connectivity index (χ2v) is 5.16. The molecule has 0 saturated heterocycles. The number of pyridine rings is 1. The van der Waals surface area contributed by atoms with E-state index in [2.05, 4.69) is 24.1 Å². The van der Waals surface area contributed by atoms with Crippen molar-refractivity contribution in [3.8, 4) is 5.75 Å². The number of rotatable bonds is 4. The van der Waals surface area contributed by atoms with Crippen molar-refractivity contribution in [1.82, 2.24) is 10.3 Å². The lowest BCUT2D eigenvalue weighted by molar-refractivity contribution is 0.377. The van der Waals surface area contributed by atoms with Gasteiger partial charge in [0.15, 0.2) is 0 Å². The molecule has 3 heteroatoms. The fourth-order valence-electron chi connectivity index (χ4n) is 2.41. The summed E-state index contributed by atoms with van der Waals surface area (Å²) in [6.45, 7) is 4.61. The summed E-state index contributed by atoms with van der Waals surface area (Å²) in [4.78, 5) is 4.46. The van der Waals surface area contributed by atoms with E-state index in [1.165, 1.54) is 6.42 Å². The van der Waals surface area contributed by atoms with Crippen molar-refractivity contribution in [2.45, 2.75) is 26.3 Å². The number of aromatic nitrogens is 1. The maximum absolute atomic E-state index is 5.37. The zero-order valence-electron chi connectivity index (χ0n) is 10.4. The lowest BCUT2D eigenvalue weighted by atomic mass is 10.0. The average Bonchev–Trinajstić information content (AvgIpc) is 2.89. The molecule has 3 nitrogen and oxygen atoms in total. The van der Waals surface area contributed by atoms with Crippen LogP contribution in [0.25, 0.3) is 0 Å². The number of hydrogen-bond donors (Lipinski definition) is 1. The van der Waals surface area contributed by atoms with Gasteiger partial charge in [-0.3, -0.25) is 4.98 Å². The third-order valence-corrected chi connectivity index (χ3v) is 3.62. The van der Waals surface area contributed by atoms with Gasteiger partial charge in [0.2, 0.25) is 0 Å². The molecule has 1 saturated carbocycles. The number of nitrogens with zero attached hydrogens (tertiary/aromatic N) is 1. The summed E-state index contributed by atoms with van der Waals surface area (Å²) in [6, 6.07) is 4.18. The monoisotopic (exact) mass is 220 g/mol. The molecule has 1 aliphatic rings. The molecular weight excluding hydrogens is 200 g/mol. The van der Waals surface area contributed by atoms with Crippen LogP contribution in [0.15, 0.2) is 18.3 Å². The lowest BCUT2D eigenvalue weighted by Crippen LogP contribution is -2.22. The Morgan fingerprint density at radius 3 is 2.75 bits per heavy atom. The van der Waals surface area contributed by atoms with E-state index in [-0.39, 0.29) is 0 Å². The minimum atomic E-state index is 0.297. The molecule has 16 heavy (non-hydrogen) atoms. The Morgan fingerprint density at radius 1 is 1.56 bits per heavy atom.